The molecule has 2 rings (SSSR count). The molecule has 1 amide bonds. The van der Waals surface area contributed by atoms with Gasteiger partial charge in [-0.05, 0) is 24.4 Å². The predicted octanol–water partition coefficient (Wildman–Crippen LogP) is 1.24. The van der Waals surface area contributed by atoms with E-state index in [1.165, 1.54) is 0 Å². The molecule has 1 aromatic rings. The molecule has 1 fully saturated rings. The summed E-state index contributed by atoms with van der Waals surface area (Å²) >= 11 is 11.1. The molecular formula is C10H10ClN3OS. The highest BCUT2D eigenvalue weighted by Gasteiger charge is 2.29. The summed E-state index contributed by atoms with van der Waals surface area (Å²) in [5.74, 6) is -0.166. The third-order valence-electron chi connectivity index (χ3n) is 2.30. The zero-order valence-corrected chi connectivity index (χ0v) is 9.89. The molecule has 0 radical (unpaired) electrons. The maximum absolute atomic E-state index is 11.2. The summed E-state index contributed by atoms with van der Waals surface area (Å²) in [6, 6.07) is 7.23. The molecule has 0 aromatic heterocycles. The Bertz CT molecular complexity index is 451. The molecule has 3 N–H and O–H groups in total. The molecule has 1 unspecified atom stereocenters. The SMILES string of the molecule is NC1CC(=O)NC(=S)N1c1ccccc1Cl. The van der Waals surface area contributed by atoms with E-state index >= 15 is 0 Å². The molecule has 0 spiro atoms. The van der Waals surface area contributed by atoms with E-state index in [-0.39, 0.29) is 17.4 Å². The number of benzene rings is 1. The molecule has 1 aromatic carbocycles. The molecular weight excluding hydrogens is 246 g/mol. The Balaban J connectivity index is 2.37. The second kappa shape index (κ2) is 4.37. The number of anilines is 1. The number of para-hydroxylation sites is 1. The minimum atomic E-state index is -0.471. The number of rotatable bonds is 1. The van der Waals surface area contributed by atoms with Gasteiger partial charge in [0.1, 0.15) is 0 Å². The van der Waals surface area contributed by atoms with Crippen LogP contribution < -0.4 is 16.0 Å². The Kier molecular flexibility index (Phi) is 3.09. The minimum absolute atomic E-state index is 0.166. The van der Waals surface area contributed by atoms with Gasteiger partial charge in [-0.15, -0.1) is 0 Å². The lowest BCUT2D eigenvalue weighted by atomic mass is 10.2. The number of nitrogens with one attached hydrogen (secondary N) is 1. The van der Waals surface area contributed by atoms with Crippen LogP contribution in [0.4, 0.5) is 5.69 Å². The van der Waals surface area contributed by atoms with Gasteiger partial charge in [0.15, 0.2) is 5.11 Å². The normalized spacial score (nSPS) is 20.9. The smallest absolute Gasteiger partial charge is 0.229 e. The number of amides is 1. The van der Waals surface area contributed by atoms with E-state index in [2.05, 4.69) is 5.32 Å². The standard InChI is InChI=1S/C10H10ClN3OS/c11-6-3-1-2-4-7(6)14-8(12)5-9(15)13-10(14)16/h1-4,8H,5,12H2,(H,13,15,16). The molecule has 1 aliphatic heterocycles. The lowest BCUT2D eigenvalue weighted by Crippen LogP contribution is -2.58. The highest BCUT2D eigenvalue weighted by atomic mass is 35.5. The van der Waals surface area contributed by atoms with Gasteiger partial charge in [-0.2, -0.15) is 0 Å². The number of nitrogens with zero attached hydrogens (tertiary/aromatic N) is 1. The van der Waals surface area contributed by atoms with Crippen molar-refractivity contribution in [3.05, 3.63) is 29.3 Å². The van der Waals surface area contributed by atoms with Crippen LogP contribution in [0.3, 0.4) is 0 Å². The average Bonchev–Trinajstić information content (AvgIpc) is 2.19. The molecule has 1 aliphatic rings. The minimum Gasteiger partial charge on any atom is -0.310 e. The van der Waals surface area contributed by atoms with Gasteiger partial charge < -0.3 is 16.0 Å². The third-order valence-corrected chi connectivity index (χ3v) is 2.92. The Hall–Kier alpha value is -1.17. The van der Waals surface area contributed by atoms with Crippen molar-refractivity contribution in [1.29, 1.82) is 0 Å². The van der Waals surface area contributed by atoms with Crippen LogP contribution in [0, 0.1) is 0 Å². The van der Waals surface area contributed by atoms with Crippen LogP contribution >= 0.6 is 23.8 Å². The summed E-state index contributed by atoms with van der Waals surface area (Å²) in [5.41, 5.74) is 6.59. The highest BCUT2D eigenvalue weighted by Crippen LogP contribution is 2.27. The van der Waals surface area contributed by atoms with Gasteiger partial charge in [-0.3, -0.25) is 4.79 Å². The van der Waals surface area contributed by atoms with Gasteiger partial charge in [0.05, 0.1) is 23.3 Å². The number of hydrogen-bond acceptors (Lipinski definition) is 3. The second-order valence-electron chi connectivity index (χ2n) is 3.45. The van der Waals surface area contributed by atoms with E-state index in [1.54, 1.807) is 11.0 Å². The molecule has 0 bridgehead atoms. The van der Waals surface area contributed by atoms with Crippen molar-refractivity contribution in [2.45, 2.75) is 12.6 Å². The van der Waals surface area contributed by atoms with E-state index in [0.29, 0.717) is 10.7 Å². The maximum atomic E-state index is 11.2. The quantitative estimate of drug-likeness (QED) is 0.742. The molecule has 16 heavy (non-hydrogen) atoms. The summed E-state index contributed by atoms with van der Waals surface area (Å²) in [6.07, 6.45) is -0.271. The van der Waals surface area contributed by atoms with Crippen LogP contribution in [0.5, 0.6) is 0 Å². The van der Waals surface area contributed by atoms with Crippen LogP contribution in [-0.2, 0) is 4.79 Å². The molecule has 84 valence electrons. The fourth-order valence-electron chi connectivity index (χ4n) is 1.60. The molecule has 1 atom stereocenters. The van der Waals surface area contributed by atoms with E-state index in [0.717, 1.165) is 0 Å². The largest absolute Gasteiger partial charge is 0.310 e. The van der Waals surface area contributed by atoms with Gasteiger partial charge in [-0.25, -0.2) is 0 Å². The number of hydrogen-bond donors (Lipinski definition) is 2. The molecule has 0 saturated carbocycles. The Morgan fingerprint density at radius 3 is 2.81 bits per heavy atom. The van der Waals surface area contributed by atoms with Gasteiger partial charge in [-0.1, -0.05) is 23.7 Å². The topological polar surface area (TPSA) is 58.4 Å². The van der Waals surface area contributed by atoms with Gasteiger partial charge in [0, 0.05) is 0 Å². The number of carbonyl (C=O) groups excluding carboxylic acids is 1. The summed E-state index contributed by atoms with van der Waals surface area (Å²) < 4.78 is 0. The van der Waals surface area contributed by atoms with Crippen molar-refractivity contribution < 1.29 is 4.79 Å². The first-order valence-electron chi connectivity index (χ1n) is 4.73. The van der Waals surface area contributed by atoms with Crippen LogP contribution in [0.25, 0.3) is 0 Å². The monoisotopic (exact) mass is 255 g/mol. The fourth-order valence-corrected chi connectivity index (χ4v) is 2.17. The molecule has 0 aliphatic carbocycles. The van der Waals surface area contributed by atoms with E-state index in [9.17, 15) is 4.79 Å². The summed E-state index contributed by atoms with van der Waals surface area (Å²) in [5, 5.41) is 3.41. The van der Waals surface area contributed by atoms with Crippen molar-refractivity contribution >= 4 is 40.5 Å². The van der Waals surface area contributed by atoms with Crippen molar-refractivity contribution in [2.24, 2.45) is 5.73 Å². The van der Waals surface area contributed by atoms with E-state index in [4.69, 9.17) is 29.6 Å². The maximum Gasteiger partial charge on any atom is 0.229 e. The van der Waals surface area contributed by atoms with Crippen LogP contribution in [0.15, 0.2) is 24.3 Å². The van der Waals surface area contributed by atoms with Crippen molar-refractivity contribution in [3.8, 4) is 0 Å². The third kappa shape index (κ3) is 2.02. The Labute approximate surface area is 103 Å². The second-order valence-corrected chi connectivity index (χ2v) is 4.24. The summed E-state index contributed by atoms with van der Waals surface area (Å²) in [7, 11) is 0. The van der Waals surface area contributed by atoms with Gasteiger partial charge in [0.2, 0.25) is 5.91 Å². The van der Waals surface area contributed by atoms with Crippen LogP contribution in [0.2, 0.25) is 5.02 Å². The first-order chi connectivity index (χ1) is 7.59. The number of nitrogens with two attached hydrogens (primary N) is 1. The zero-order chi connectivity index (χ0) is 11.7. The Morgan fingerprint density at radius 1 is 1.50 bits per heavy atom. The van der Waals surface area contributed by atoms with Crippen LogP contribution in [0.1, 0.15) is 6.42 Å². The number of thiocarbonyl (C=S) groups is 1. The molecule has 4 nitrogen and oxygen atoms in total. The summed E-state index contributed by atoms with van der Waals surface area (Å²) in [6.45, 7) is 0. The molecule has 6 heteroatoms. The van der Waals surface area contributed by atoms with Gasteiger partial charge in [0.25, 0.3) is 0 Å². The Morgan fingerprint density at radius 2 is 2.19 bits per heavy atom. The predicted molar refractivity (Wildman–Crippen MR) is 67.3 cm³/mol. The number of carbonyl (C=O) groups is 1. The lowest BCUT2D eigenvalue weighted by molar-refractivity contribution is -0.120. The average molecular weight is 256 g/mol. The molecule has 1 heterocycles. The van der Waals surface area contributed by atoms with Crippen molar-refractivity contribution in [2.75, 3.05) is 4.90 Å². The zero-order valence-electron chi connectivity index (χ0n) is 8.31. The molecule has 1 saturated heterocycles. The van der Waals surface area contributed by atoms with Crippen molar-refractivity contribution in [1.82, 2.24) is 5.32 Å². The van der Waals surface area contributed by atoms with E-state index < -0.39 is 6.17 Å². The number of halogens is 1. The summed E-state index contributed by atoms with van der Waals surface area (Å²) in [4.78, 5) is 12.9. The first kappa shape index (κ1) is 11.3. The van der Waals surface area contributed by atoms with Crippen LogP contribution in [-0.4, -0.2) is 17.2 Å². The van der Waals surface area contributed by atoms with Crippen molar-refractivity contribution in [3.63, 3.8) is 0 Å². The highest BCUT2D eigenvalue weighted by molar-refractivity contribution is 7.80. The lowest BCUT2D eigenvalue weighted by Gasteiger charge is -2.35. The van der Waals surface area contributed by atoms with E-state index in [1.807, 2.05) is 18.2 Å². The fraction of sp³-hybridized carbons (Fsp3) is 0.200. The van der Waals surface area contributed by atoms with Gasteiger partial charge >= 0.3 is 0 Å². The first-order valence-corrected chi connectivity index (χ1v) is 5.51.